The number of rotatable bonds is 5. The van der Waals surface area contributed by atoms with Gasteiger partial charge in [-0.05, 0) is 26.7 Å². The average molecular weight is 312 g/mol. The summed E-state index contributed by atoms with van der Waals surface area (Å²) in [5.74, 6) is 0.678. The summed E-state index contributed by atoms with van der Waals surface area (Å²) >= 11 is 1.41. The number of ketones is 1. The average Bonchev–Trinajstić information content (AvgIpc) is 2.76. The predicted molar refractivity (Wildman–Crippen MR) is 86.6 cm³/mol. The molecule has 1 aromatic rings. The Morgan fingerprint density at radius 2 is 2.10 bits per heavy atom. The van der Waals surface area contributed by atoms with Gasteiger partial charge in [0.15, 0.2) is 11.5 Å². The van der Waals surface area contributed by atoms with Crippen LogP contribution in [0.2, 0.25) is 0 Å². The molecular weight excluding hydrogens is 288 g/mol. The van der Waals surface area contributed by atoms with Gasteiger partial charge in [-0.3, -0.25) is 4.79 Å². The number of hydrogen-bond acceptors (Lipinski definition) is 6. The highest BCUT2D eigenvalue weighted by atomic mass is 32.1. The molecule has 1 aliphatic rings. The second-order valence-corrected chi connectivity index (χ2v) is 6.64. The molecule has 118 valence electrons. The normalized spacial score (nSPS) is 16.5. The van der Waals surface area contributed by atoms with E-state index in [0.717, 1.165) is 30.9 Å². The van der Waals surface area contributed by atoms with Crippen molar-refractivity contribution in [1.82, 2.24) is 0 Å². The highest BCUT2D eigenvalue weighted by Gasteiger charge is 2.27. The summed E-state index contributed by atoms with van der Waals surface area (Å²) in [6.07, 6.45) is 1.67. The molecule has 2 heterocycles. The standard InChI is InChI=1S/C15H24N2O3S/c1-4-11(19)14-12(16)13(20-9(2)3)15(21-14)17-7-5-10(18)6-8-17/h9-10,18H,4-8,16H2,1-3H3. The van der Waals surface area contributed by atoms with Crippen molar-refractivity contribution in [2.24, 2.45) is 0 Å². The van der Waals surface area contributed by atoms with Gasteiger partial charge in [-0.15, -0.1) is 11.3 Å². The third kappa shape index (κ3) is 3.49. The van der Waals surface area contributed by atoms with Gasteiger partial charge in [-0.2, -0.15) is 0 Å². The Labute approximate surface area is 129 Å². The maximum atomic E-state index is 12.0. The summed E-state index contributed by atoms with van der Waals surface area (Å²) in [6.45, 7) is 7.25. The first-order valence-electron chi connectivity index (χ1n) is 7.49. The van der Waals surface area contributed by atoms with Crippen LogP contribution in [-0.2, 0) is 0 Å². The minimum absolute atomic E-state index is 0.000564. The van der Waals surface area contributed by atoms with Crippen molar-refractivity contribution in [3.8, 4) is 5.75 Å². The van der Waals surface area contributed by atoms with Gasteiger partial charge < -0.3 is 20.5 Å². The van der Waals surface area contributed by atoms with Gasteiger partial charge in [0.1, 0.15) is 5.00 Å². The number of anilines is 2. The number of nitrogen functional groups attached to an aromatic ring is 1. The Hall–Kier alpha value is -1.27. The first-order chi connectivity index (χ1) is 9.93. The van der Waals surface area contributed by atoms with Crippen LogP contribution in [0.1, 0.15) is 49.7 Å². The minimum Gasteiger partial charge on any atom is -0.486 e. The number of ether oxygens (including phenoxy) is 1. The molecule has 1 aliphatic heterocycles. The smallest absolute Gasteiger partial charge is 0.177 e. The Morgan fingerprint density at radius 1 is 1.48 bits per heavy atom. The minimum atomic E-state index is -0.232. The second kappa shape index (κ2) is 6.66. The molecule has 6 heteroatoms. The van der Waals surface area contributed by atoms with E-state index in [4.69, 9.17) is 10.5 Å². The number of aliphatic hydroxyl groups excluding tert-OH is 1. The number of carbonyl (C=O) groups is 1. The lowest BCUT2D eigenvalue weighted by molar-refractivity contribution is 0.0992. The highest BCUT2D eigenvalue weighted by Crippen LogP contribution is 2.46. The van der Waals surface area contributed by atoms with Crippen LogP contribution in [-0.4, -0.2) is 36.2 Å². The van der Waals surface area contributed by atoms with E-state index in [1.165, 1.54) is 11.3 Å². The summed E-state index contributed by atoms with van der Waals surface area (Å²) in [6, 6.07) is 0. The van der Waals surface area contributed by atoms with E-state index in [-0.39, 0.29) is 18.0 Å². The molecule has 1 saturated heterocycles. The van der Waals surface area contributed by atoms with Crippen molar-refractivity contribution >= 4 is 27.8 Å². The monoisotopic (exact) mass is 312 g/mol. The number of carbonyl (C=O) groups excluding carboxylic acids is 1. The first kappa shape index (κ1) is 16.1. The molecule has 0 radical (unpaired) electrons. The molecule has 2 rings (SSSR count). The van der Waals surface area contributed by atoms with Crippen molar-refractivity contribution in [3.63, 3.8) is 0 Å². The Morgan fingerprint density at radius 3 is 2.62 bits per heavy atom. The van der Waals surface area contributed by atoms with E-state index < -0.39 is 0 Å². The molecule has 0 spiro atoms. The molecule has 0 saturated carbocycles. The van der Waals surface area contributed by atoms with Gasteiger partial charge in [-0.25, -0.2) is 0 Å². The van der Waals surface area contributed by atoms with Crippen molar-refractivity contribution in [3.05, 3.63) is 4.88 Å². The van der Waals surface area contributed by atoms with E-state index >= 15 is 0 Å². The van der Waals surface area contributed by atoms with Crippen molar-refractivity contribution in [1.29, 1.82) is 0 Å². The zero-order valence-electron chi connectivity index (χ0n) is 12.9. The number of nitrogens with zero attached hydrogens (tertiary/aromatic N) is 1. The van der Waals surface area contributed by atoms with E-state index in [1.54, 1.807) is 0 Å². The van der Waals surface area contributed by atoms with E-state index in [9.17, 15) is 9.90 Å². The number of nitrogens with two attached hydrogens (primary N) is 1. The van der Waals surface area contributed by atoms with E-state index in [2.05, 4.69) is 4.90 Å². The van der Waals surface area contributed by atoms with Crippen molar-refractivity contribution < 1.29 is 14.6 Å². The molecular formula is C15H24N2O3S. The molecule has 3 N–H and O–H groups in total. The number of hydrogen-bond donors (Lipinski definition) is 2. The third-order valence-electron chi connectivity index (χ3n) is 3.56. The second-order valence-electron chi connectivity index (χ2n) is 5.64. The lowest BCUT2D eigenvalue weighted by Crippen LogP contribution is -2.35. The van der Waals surface area contributed by atoms with Crippen LogP contribution in [0.25, 0.3) is 0 Å². The van der Waals surface area contributed by atoms with Gasteiger partial charge in [0, 0.05) is 19.5 Å². The lowest BCUT2D eigenvalue weighted by Gasteiger charge is -2.31. The molecule has 0 bridgehead atoms. The summed E-state index contributed by atoms with van der Waals surface area (Å²) in [7, 11) is 0. The van der Waals surface area contributed by atoms with Crippen LogP contribution < -0.4 is 15.4 Å². The van der Waals surface area contributed by atoms with Gasteiger partial charge in [0.25, 0.3) is 0 Å². The summed E-state index contributed by atoms with van der Waals surface area (Å²) in [5, 5.41) is 10.6. The van der Waals surface area contributed by atoms with Gasteiger partial charge in [0.2, 0.25) is 0 Å². The lowest BCUT2D eigenvalue weighted by atomic mass is 10.1. The zero-order valence-corrected chi connectivity index (χ0v) is 13.7. The highest BCUT2D eigenvalue weighted by molar-refractivity contribution is 7.19. The fourth-order valence-corrected chi connectivity index (χ4v) is 3.63. The van der Waals surface area contributed by atoms with Crippen LogP contribution >= 0.6 is 11.3 Å². The maximum absolute atomic E-state index is 12.0. The Kier molecular flexibility index (Phi) is 5.11. The molecule has 5 nitrogen and oxygen atoms in total. The summed E-state index contributed by atoms with van der Waals surface area (Å²) in [5.41, 5.74) is 6.61. The maximum Gasteiger partial charge on any atom is 0.177 e. The first-order valence-corrected chi connectivity index (χ1v) is 8.30. The number of piperidine rings is 1. The molecule has 21 heavy (non-hydrogen) atoms. The molecule has 0 unspecified atom stereocenters. The number of Topliss-reactive ketones (excluding diaryl/α,β-unsaturated/α-hetero) is 1. The Balaban J connectivity index is 2.35. The van der Waals surface area contributed by atoms with E-state index in [0.29, 0.717) is 22.7 Å². The van der Waals surface area contributed by atoms with Crippen LogP contribution in [0.3, 0.4) is 0 Å². The molecule has 1 fully saturated rings. The molecule has 0 aromatic carbocycles. The summed E-state index contributed by atoms with van der Waals surface area (Å²) < 4.78 is 5.86. The van der Waals surface area contributed by atoms with Crippen molar-refractivity contribution in [2.75, 3.05) is 23.7 Å². The molecule has 0 amide bonds. The zero-order chi connectivity index (χ0) is 15.6. The number of thiophene rings is 1. The quantitative estimate of drug-likeness (QED) is 0.818. The van der Waals surface area contributed by atoms with Crippen LogP contribution in [0, 0.1) is 0 Å². The van der Waals surface area contributed by atoms with Gasteiger partial charge in [-0.1, -0.05) is 6.92 Å². The Bertz CT molecular complexity index is 505. The molecule has 0 aliphatic carbocycles. The van der Waals surface area contributed by atoms with Gasteiger partial charge in [0.05, 0.1) is 22.8 Å². The third-order valence-corrected chi connectivity index (χ3v) is 4.85. The number of aliphatic hydroxyl groups is 1. The fraction of sp³-hybridized carbons (Fsp3) is 0.667. The van der Waals surface area contributed by atoms with Gasteiger partial charge >= 0.3 is 0 Å². The largest absolute Gasteiger partial charge is 0.486 e. The molecule has 0 atom stereocenters. The predicted octanol–water partition coefficient (Wildman–Crippen LogP) is 2.67. The van der Waals surface area contributed by atoms with Crippen LogP contribution in [0.15, 0.2) is 0 Å². The van der Waals surface area contributed by atoms with E-state index in [1.807, 2.05) is 20.8 Å². The summed E-state index contributed by atoms with van der Waals surface area (Å²) in [4.78, 5) is 14.8. The van der Waals surface area contributed by atoms with Crippen molar-refractivity contribution in [2.45, 2.75) is 52.2 Å². The topological polar surface area (TPSA) is 75.8 Å². The SMILES string of the molecule is CCC(=O)c1sc(N2CCC(O)CC2)c(OC(C)C)c1N. The molecule has 1 aromatic heterocycles. The fourth-order valence-electron chi connectivity index (χ4n) is 2.41. The van der Waals surface area contributed by atoms with Crippen LogP contribution in [0.4, 0.5) is 10.7 Å². The van der Waals surface area contributed by atoms with Crippen LogP contribution in [0.5, 0.6) is 5.75 Å².